The second-order valence-electron chi connectivity index (χ2n) is 5.70. The zero-order valence-electron chi connectivity index (χ0n) is 11.8. The molecule has 3 rings (SSSR count). The summed E-state index contributed by atoms with van der Waals surface area (Å²) < 4.78 is 0. The van der Waals surface area contributed by atoms with Crippen LogP contribution < -0.4 is 5.32 Å². The first kappa shape index (κ1) is 13.3. The highest BCUT2D eigenvalue weighted by Gasteiger charge is 2.16. The van der Waals surface area contributed by atoms with Crippen LogP contribution in [-0.2, 0) is 0 Å². The van der Waals surface area contributed by atoms with Crippen molar-refractivity contribution in [3.63, 3.8) is 0 Å². The molecule has 0 amide bonds. The highest BCUT2D eigenvalue weighted by Crippen LogP contribution is 2.22. The van der Waals surface area contributed by atoms with E-state index in [-0.39, 0.29) is 5.78 Å². The summed E-state index contributed by atoms with van der Waals surface area (Å²) in [4.78, 5) is 12.5. The molecular weight excluding hydrogens is 246 g/mol. The molecule has 2 heteroatoms. The molecular formula is C18H21NO. The summed E-state index contributed by atoms with van der Waals surface area (Å²) in [5.74, 6) is 0.954. The molecule has 0 aromatic heterocycles. The van der Waals surface area contributed by atoms with Gasteiger partial charge in [0.05, 0.1) is 0 Å². The van der Waals surface area contributed by atoms with Gasteiger partial charge in [-0.15, -0.1) is 0 Å². The predicted molar refractivity (Wildman–Crippen MR) is 83.1 cm³/mol. The van der Waals surface area contributed by atoms with E-state index in [9.17, 15) is 4.79 Å². The van der Waals surface area contributed by atoms with Gasteiger partial charge in [0.2, 0.25) is 0 Å². The van der Waals surface area contributed by atoms with Crippen LogP contribution in [0.4, 0.5) is 0 Å². The molecule has 1 heterocycles. The summed E-state index contributed by atoms with van der Waals surface area (Å²) in [5, 5.41) is 5.65. The van der Waals surface area contributed by atoms with Crippen molar-refractivity contribution in [3.8, 4) is 0 Å². The second kappa shape index (κ2) is 6.19. The number of hydrogen-bond acceptors (Lipinski definition) is 2. The fraction of sp³-hybridized carbons (Fsp3) is 0.389. The van der Waals surface area contributed by atoms with Crippen LogP contribution in [0.2, 0.25) is 0 Å². The summed E-state index contributed by atoms with van der Waals surface area (Å²) in [6, 6.07) is 14.1. The average molecular weight is 267 g/mol. The second-order valence-corrected chi connectivity index (χ2v) is 5.70. The molecule has 1 atom stereocenters. The molecule has 1 saturated heterocycles. The minimum atomic E-state index is 0.285. The third-order valence-electron chi connectivity index (χ3n) is 4.27. The maximum Gasteiger partial charge on any atom is 0.163 e. The Balaban J connectivity index is 1.72. The number of rotatable bonds is 4. The van der Waals surface area contributed by atoms with E-state index in [0.717, 1.165) is 35.8 Å². The largest absolute Gasteiger partial charge is 0.316 e. The SMILES string of the molecule is O=C(CCC1CCCNC1)c1cccc2ccccc12. The number of ketones is 1. The van der Waals surface area contributed by atoms with Crippen LogP contribution in [0.3, 0.4) is 0 Å². The van der Waals surface area contributed by atoms with E-state index in [1.165, 1.54) is 12.8 Å². The van der Waals surface area contributed by atoms with Crippen molar-refractivity contribution in [1.82, 2.24) is 5.32 Å². The van der Waals surface area contributed by atoms with Crippen LogP contribution in [0.5, 0.6) is 0 Å². The quantitative estimate of drug-likeness (QED) is 0.854. The molecule has 104 valence electrons. The fourth-order valence-electron chi connectivity index (χ4n) is 3.11. The third kappa shape index (κ3) is 2.91. The highest BCUT2D eigenvalue weighted by molar-refractivity contribution is 6.08. The Kier molecular flexibility index (Phi) is 4.12. The molecule has 0 saturated carbocycles. The molecule has 2 nitrogen and oxygen atoms in total. The lowest BCUT2D eigenvalue weighted by molar-refractivity contribution is 0.0973. The lowest BCUT2D eigenvalue weighted by atomic mass is 9.91. The zero-order valence-corrected chi connectivity index (χ0v) is 11.8. The van der Waals surface area contributed by atoms with Crippen molar-refractivity contribution in [3.05, 3.63) is 48.0 Å². The number of carbonyl (C=O) groups is 1. The van der Waals surface area contributed by atoms with Gasteiger partial charge in [-0.2, -0.15) is 0 Å². The lowest BCUT2D eigenvalue weighted by Crippen LogP contribution is -2.30. The van der Waals surface area contributed by atoms with Crippen LogP contribution in [0.15, 0.2) is 42.5 Å². The number of nitrogens with one attached hydrogen (secondary N) is 1. The Bertz CT molecular complexity index is 594. The van der Waals surface area contributed by atoms with E-state index in [1.807, 2.05) is 30.3 Å². The maximum atomic E-state index is 12.5. The van der Waals surface area contributed by atoms with E-state index >= 15 is 0 Å². The van der Waals surface area contributed by atoms with E-state index in [0.29, 0.717) is 12.3 Å². The van der Waals surface area contributed by atoms with Crippen molar-refractivity contribution in [1.29, 1.82) is 0 Å². The van der Waals surface area contributed by atoms with Gasteiger partial charge in [-0.25, -0.2) is 0 Å². The van der Waals surface area contributed by atoms with Crippen molar-refractivity contribution < 1.29 is 4.79 Å². The number of carbonyl (C=O) groups excluding carboxylic acids is 1. The zero-order chi connectivity index (χ0) is 13.8. The number of piperidine rings is 1. The normalized spacial score (nSPS) is 19.1. The Hall–Kier alpha value is -1.67. The van der Waals surface area contributed by atoms with Crippen molar-refractivity contribution in [2.45, 2.75) is 25.7 Å². The number of benzene rings is 2. The minimum absolute atomic E-state index is 0.285. The number of hydrogen-bond donors (Lipinski definition) is 1. The molecule has 2 aromatic carbocycles. The van der Waals surface area contributed by atoms with Gasteiger partial charge >= 0.3 is 0 Å². The van der Waals surface area contributed by atoms with E-state index in [1.54, 1.807) is 0 Å². The Morgan fingerprint density at radius 2 is 2.00 bits per heavy atom. The van der Waals surface area contributed by atoms with Crippen molar-refractivity contribution in [2.75, 3.05) is 13.1 Å². The number of fused-ring (bicyclic) bond motifs is 1. The lowest BCUT2D eigenvalue weighted by Gasteiger charge is -2.22. The van der Waals surface area contributed by atoms with Gasteiger partial charge in [0.15, 0.2) is 5.78 Å². The minimum Gasteiger partial charge on any atom is -0.316 e. The molecule has 1 fully saturated rings. The van der Waals surface area contributed by atoms with Crippen LogP contribution in [0, 0.1) is 5.92 Å². The molecule has 1 aliphatic rings. The van der Waals surface area contributed by atoms with Gasteiger partial charge in [0.25, 0.3) is 0 Å². The standard InChI is InChI=1S/C18H21NO/c20-18(11-10-14-5-4-12-19-13-14)17-9-3-7-15-6-1-2-8-16(15)17/h1-3,6-9,14,19H,4-5,10-13H2. The molecule has 0 bridgehead atoms. The Labute approximate surface area is 120 Å². The van der Waals surface area contributed by atoms with Crippen LogP contribution in [-0.4, -0.2) is 18.9 Å². The first-order valence-corrected chi connectivity index (χ1v) is 7.56. The molecule has 1 aliphatic heterocycles. The fourth-order valence-corrected chi connectivity index (χ4v) is 3.11. The van der Waals surface area contributed by atoms with E-state index in [4.69, 9.17) is 0 Å². The monoisotopic (exact) mass is 267 g/mol. The van der Waals surface area contributed by atoms with Crippen molar-refractivity contribution >= 4 is 16.6 Å². The van der Waals surface area contributed by atoms with Crippen LogP contribution >= 0.6 is 0 Å². The van der Waals surface area contributed by atoms with Gasteiger partial charge in [-0.1, -0.05) is 42.5 Å². The topological polar surface area (TPSA) is 29.1 Å². The molecule has 1 N–H and O–H groups in total. The van der Waals surface area contributed by atoms with Gasteiger partial charge in [-0.3, -0.25) is 4.79 Å². The molecule has 0 spiro atoms. The Morgan fingerprint density at radius 3 is 2.85 bits per heavy atom. The first-order valence-electron chi connectivity index (χ1n) is 7.56. The highest BCUT2D eigenvalue weighted by atomic mass is 16.1. The van der Waals surface area contributed by atoms with Gasteiger partial charge in [-0.05, 0) is 49.0 Å². The summed E-state index contributed by atoms with van der Waals surface area (Å²) >= 11 is 0. The molecule has 2 aromatic rings. The summed E-state index contributed by atoms with van der Waals surface area (Å²) in [7, 11) is 0. The Morgan fingerprint density at radius 1 is 1.15 bits per heavy atom. The summed E-state index contributed by atoms with van der Waals surface area (Å²) in [6.45, 7) is 2.20. The maximum absolute atomic E-state index is 12.5. The van der Waals surface area contributed by atoms with Gasteiger partial charge in [0, 0.05) is 12.0 Å². The first-order chi connectivity index (χ1) is 9.84. The summed E-state index contributed by atoms with van der Waals surface area (Å²) in [6.07, 6.45) is 4.18. The van der Waals surface area contributed by atoms with Gasteiger partial charge in [0.1, 0.15) is 0 Å². The molecule has 1 unspecified atom stereocenters. The summed E-state index contributed by atoms with van der Waals surface area (Å²) in [5.41, 5.74) is 0.881. The molecule has 20 heavy (non-hydrogen) atoms. The van der Waals surface area contributed by atoms with E-state index < -0.39 is 0 Å². The van der Waals surface area contributed by atoms with Gasteiger partial charge < -0.3 is 5.32 Å². The predicted octanol–water partition coefficient (Wildman–Crippen LogP) is 3.80. The third-order valence-corrected chi connectivity index (χ3v) is 4.27. The van der Waals surface area contributed by atoms with Crippen LogP contribution in [0.25, 0.3) is 10.8 Å². The van der Waals surface area contributed by atoms with Crippen LogP contribution in [0.1, 0.15) is 36.0 Å². The molecule has 0 aliphatic carbocycles. The van der Waals surface area contributed by atoms with Crippen molar-refractivity contribution in [2.24, 2.45) is 5.92 Å². The average Bonchev–Trinajstić information content (AvgIpc) is 2.53. The number of Topliss-reactive ketones (excluding diaryl/α,β-unsaturated/α-hetero) is 1. The molecule has 0 radical (unpaired) electrons. The van der Waals surface area contributed by atoms with E-state index in [2.05, 4.69) is 17.4 Å². The smallest absolute Gasteiger partial charge is 0.163 e.